The van der Waals surface area contributed by atoms with Crippen molar-refractivity contribution >= 4 is 31.9 Å². The van der Waals surface area contributed by atoms with Crippen molar-refractivity contribution in [3.8, 4) is 0 Å². The number of esters is 1. The highest BCUT2D eigenvalue weighted by Gasteiger charge is 2.17. The summed E-state index contributed by atoms with van der Waals surface area (Å²) < 4.78 is 42.8. The SMILES string of the molecule is COC(=O)CNS(=O)(=O)c1ccc(Br)c(F)c1. The zero-order valence-electron chi connectivity index (χ0n) is 8.74. The van der Waals surface area contributed by atoms with Gasteiger partial charge in [-0.1, -0.05) is 0 Å². The summed E-state index contributed by atoms with van der Waals surface area (Å²) >= 11 is 2.91. The first-order valence-electron chi connectivity index (χ1n) is 4.38. The highest BCUT2D eigenvalue weighted by Crippen LogP contribution is 2.19. The Kier molecular flexibility index (Phi) is 4.61. The molecular formula is C9H9BrFNO4S. The summed E-state index contributed by atoms with van der Waals surface area (Å²) in [7, 11) is -2.78. The predicted octanol–water partition coefficient (Wildman–Crippen LogP) is 1.04. The second kappa shape index (κ2) is 5.56. The van der Waals surface area contributed by atoms with Crippen LogP contribution in [-0.2, 0) is 19.6 Å². The molecule has 5 nitrogen and oxygen atoms in total. The second-order valence-corrected chi connectivity index (χ2v) is 5.60. The number of ether oxygens (including phenoxy) is 1. The van der Waals surface area contributed by atoms with Crippen molar-refractivity contribution in [2.24, 2.45) is 0 Å². The quantitative estimate of drug-likeness (QED) is 0.839. The minimum atomic E-state index is -3.92. The van der Waals surface area contributed by atoms with Crippen LogP contribution >= 0.6 is 15.9 Å². The lowest BCUT2D eigenvalue weighted by Gasteiger charge is -2.06. The average Bonchev–Trinajstić information content (AvgIpc) is 2.29. The Balaban J connectivity index is 2.90. The number of rotatable bonds is 4. The molecule has 0 bridgehead atoms. The predicted molar refractivity (Wildman–Crippen MR) is 61.3 cm³/mol. The summed E-state index contributed by atoms with van der Waals surface area (Å²) in [6.07, 6.45) is 0. The van der Waals surface area contributed by atoms with Gasteiger partial charge in [0.05, 0.1) is 16.5 Å². The summed E-state index contributed by atoms with van der Waals surface area (Å²) in [4.78, 5) is 10.5. The smallest absolute Gasteiger partial charge is 0.320 e. The van der Waals surface area contributed by atoms with E-state index in [1.165, 1.54) is 12.1 Å². The molecule has 1 aromatic carbocycles. The summed E-state index contributed by atoms with van der Waals surface area (Å²) in [6.45, 7) is -0.503. The van der Waals surface area contributed by atoms with E-state index in [0.29, 0.717) is 0 Å². The lowest BCUT2D eigenvalue weighted by Crippen LogP contribution is -2.30. The fourth-order valence-corrected chi connectivity index (χ4v) is 2.18. The van der Waals surface area contributed by atoms with Crippen LogP contribution in [0.4, 0.5) is 4.39 Å². The molecule has 0 aromatic heterocycles. The fraction of sp³-hybridized carbons (Fsp3) is 0.222. The number of nitrogens with one attached hydrogen (secondary N) is 1. The molecule has 0 fully saturated rings. The molecular weight excluding hydrogens is 317 g/mol. The van der Waals surface area contributed by atoms with E-state index in [1.807, 2.05) is 4.72 Å². The third-order valence-electron chi connectivity index (χ3n) is 1.84. The molecule has 0 aliphatic carbocycles. The standard InChI is InChI=1S/C9H9BrFNO4S/c1-16-9(13)5-12-17(14,15)6-2-3-7(10)8(11)4-6/h2-4,12H,5H2,1H3. The van der Waals surface area contributed by atoms with Gasteiger partial charge in [0.2, 0.25) is 10.0 Å². The van der Waals surface area contributed by atoms with Crippen LogP contribution in [0.5, 0.6) is 0 Å². The van der Waals surface area contributed by atoms with Gasteiger partial charge in [0.1, 0.15) is 12.4 Å². The highest BCUT2D eigenvalue weighted by atomic mass is 79.9. The molecule has 0 saturated carbocycles. The molecule has 0 saturated heterocycles. The van der Waals surface area contributed by atoms with Crippen LogP contribution in [-0.4, -0.2) is 28.0 Å². The summed E-state index contributed by atoms with van der Waals surface area (Å²) in [5, 5.41) is 0. The van der Waals surface area contributed by atoms with Gasteiger partial charge in [-0.3, -0.25) is 4.79 Å². The van der Waals surface area contributed by atoms with E-state index < -0.39 is 28.4 Å². The molecule has 1 aromatic rings. The maximum Gasteiger partial charge on any atom is 0.320 e. The van der Waals surface area contributed by atoms with Crippen LogP contribution in [0.2, 0.25) is 0 Å². The number of hydrogen-bond donors (Lipinski definition) is 1. The second-order valence-electron chi connectivity index (χ2n) is 2.98. The number of benzene rings is 1. The molecule has 17 heavy (non-hydrogen) atoms. The van der Waals surface area contributed by atoms with Gasteiger partial charge in [-0.15, -0.1) is 0 Å². The molecule has 0 heterocycles. The normalized spacial score (nSPS) is 11.2. The molecule has 94 valence electrons. The first-order chi connectivity index (χ1) is 7.86. The van der Waals surface area contributed by atoms with Crippen LogP contribution < -0.4 is 4.72 Å². The zero-order valence-corrected chi connectivity index (χ0v) is 11.1. The van der Waals surface area contributed by atoms with Crippen LogP contribution in [0.1, 0.15) is 0 Å². The Morgan fingerprint density at radius 2 is 2.18 bits per heavy atom. The minimum Gasteiger partial charge on any atom is -0.468 e. The molecule has 0 aliphatic heterocycles. The van der Waals surface area contributed by atoms with Crippen LogP contribution in [0.3, 0.4) is 0 Å². The Morgan fingerprint density at radius 1 is 1.53 bits per heavy atom. The van der Waals surface area contributed by atoms with Crippen molar-refractivity contribution in [3.05, 3.63) is 28.5 Å². The molecule has 1 rings (SSSR count). The Morgan fingerprint density at radius 3 is 2.71 bits per heavy atom. The number of hydrogen-bond acceptors (Lipinski definition) is 4. The topological polar surface area (TPSA) is 72.5 Å². The maximum absolute atomic E-state index is 13.1. The van der Waals surface area contributed by atoms with Crippen LogP contribution in [0.15, 0.2) is 27.6 Å². The third kappa shape index (κ3) is 3.76. The van der Waals surface area contributed by atoms with E-state index in [9.17, 15) is 17.6 Å². The van der Waals surface area contributed by atoms with Crippen molar-refractivity contribution in [1.82, 2.24) is 4.72 Å². The Labute approximate surface area is 106 Å². The molecule has 0 spiro atoms. The van der Waals surface area contributed by atoms with Crippen molar-refractivity contribution in [1.29, 1.82) is 0 Å². The highest BCUT2D eigenvalue weighted by molar-refractivity contribution is 9.10. The maximum atomic E-state index is 13.1. The van der Waals surface area contributed by atoms with Gasteiger partial charge in [-0.25, -0.2) is 12.8 Å². The van der Waals surface area contributed by atoms with Gasteiger partial charge in [-0.05, 0) is 34.1 Å². The number of halogens is 2. The van der Waals surface area contributed by atoms with Crippen molar-refractivity contribution in [2.75, 3.05) is 13.7 Å². The molecule has 8 heteroatoms. The Bertz CT molecular complexity index is 532. The van der Waals surface area contributed by atoms with Gasteiger partial charge in [-0.2, -0.15) is 4.72 Å². The molecule has 0 unspecified atom stereocenters. The van der Waals surface area contributed by atoms with E-state index >= 15 is 0 Å². The zero-order chi connectivity index (χ0) is 13.1. The summed E-state index contributed by atoms with van der Waals surface area (Å²) in [5.41, 5.74) is 0. The lowest BCUT2D eigenvalue weighted by atomic mass is 10.3. The number of methoxy groups -OCH3 is 1. The van der Waals surface area contributed by atoms with Gasteiger partial charge >= 0.3 is 5.97 Å². The molecule has 0 amide bonds. The van der Waals surface area contributed by atoms with Crippen LogP contribution in [0, 0.1) is 5.82 Å². The van der Waals surface area contributed by atoms with E-state index in [2.05, 4.69) is 20.7 Å². The lowest BCUT2D eigenvalue weighted by molar-refractivity contribution is -0.139. The monoisotopic (exact) mass is 325 g/mol. The summed E-state index contributed by atoms with van der Waals surface area (Å²) in [6, 6.07) is 3.33. The largest absolute Gasteiger partial charge is 0.468 e. The number of carbonyl (C=O) groups excluding carboxylic acids is 1. The number of sulfonamides is 1. The third-order valence-corrected chi connectivity index (χ3v) is 3.88. The van der Waals surface area contributed by atoms with E-state index in [0.717, 1.165) is 13.2 Å². The average molecular weight is 326 g/mol. The molecule has 0 radical (unpaired) electrons. The van der Waals surface area contributed by atoms with Gasteiger partial charge in [0.25, 0.3) is 0 Å². The summed E-state index contributed by atoms with van der Waals surface area (Å²) in [5.74, 6) is -1.43. The van der Waals surface area contributed by atoms with E-state index in [4.69, 9.17) is 0 Å². The Hall–Kier alpha value is -0.990. The van der Waals surface area contributed by atoms with E-state index in [-0.39, 0.29) is 9.37 Å². The molecule has 1 N–H and O–H groups in total. The number of carbonyl (C=O) groups is 1. The van der Waals surface area contributed by atoms with Gasteiger partial charge in [0.15, 0.2) is 0 Å². The molecule has 0 atom stereocenters. The van der Waals surface area contributed by atoms with Crippen molar-refractivity contribution < 1.29 is 22.3 Å². The molecule has 0 aliphatic rings. The fourth-order valence-electron chi connectivity index (χ4n) is 0.953. The van der Waals surface area contributed by atoms with E-state index in [1.54, 1.807) is 0 Å². The van der Waals surface area contributed by atoms with Gasteiger partial charge in [0, 0.05) is 0 Å². The van der Waals surface area contributed by atoms with Gasteiger partial charge < -0.3 is 4.74 Å². The van der Waals surface area contributed by atoms with Crippen LogP contribution in [0.25, 0.3) is 0 Å². The van der Waals surface area contributed by atoms with Crippen molar-refractivity contribution in [2.45, 2.75) is 4.90 Å². The first kappa shape index (κ1) is 14.1. The minimum absolute atomic E-state index is 0.157. The van der Waals surface area contributed by atoms with Crippen molar-refractivity contribution in [3.63, 3.8) is 0 Å². The first-order valence-corrected chi connectivity index (χ1v) is 6.66.